The monoisotopic (exact) mass is 419 g/mol. The highest BCUT2D eigenvalue weighted by Crippen LogP contribution is 2.44. The molecule has 158 valence electrons. The molecular formula is C25H22FNO4. The predicted octanol–water partition coefficient (Wildman–Crippen LogP) is 4.07. The standard InChI is InChI=1S/C25H22FNO4/c26-21-12-6-5-11-19(21)24(22(27)13-23(28)29)25(30)31-14-20-17-9-3-1-7-15(17)16-8-2-4-10-18(16)20/h1-12,20,22,24H,13-14,27H2,(H,28,29)/t22-,24+/m0/s1. The van der Waals surface area contributed by atoms with Crippen molar-refractivity contribution in [3.63, 3.8) is 0 Å². The topological polar surface area (TPSA) is 89.6 Å². The summed E-state index contributed by atoms with van der Waals surface area (Å²) in [5, 5.41) is 9.13. The molecule has 0 radical (unpaired) electrons. The van der Waals surface area contributed by atoms with E-state index in [0.717, 1.165) is 22.3 Å². The Bertz CT molecular complexity index is 1080. The molecule has 0 saturated heterocycles. The molecule has 2 atom stereocenters. The molecule has 1 aliphatic rings. The summed E-state index contributed by atoms with van der Waals surface area (Å²) in [5.74, 6) is -3.90. The van der Waals surface area contributed by atoms with Crippen LogP contribution < -0.4 is 5.73 Å². The lowest BCUT2D eigenvalue weighted by Crippen LogP contribution is -2.37. The van der Waals surface area contributed by atoms with E-state index in [9.17, 15) is 14.0 Å². The molecule has 1 aliphatic carbocycles. The lowest BCUT2D eigenvalue weighted by atomic mass is 9.89. The van der Waals surface area contributed by atoms with Crippen molar-refractivity contribution < 1.29 is 23.8 Å². The molecule has 6 heteroatoms. The molecule has 0 amide bonds. The summed E-state index contributed by atoms with van der Waals surface area (Å²) >= 11 is 0. The molecule has 0 fully saturated rings. The van der Waals surface area contributed by atoms with Crippen molar-refractivity contribution in [3.8, 4) is 11.1 Å². The zero-order chi connectivity index (χ0) is 22.0. The van der Waals surface area contributed by atoms with Gasteiger partial charge in [-0.2, -0.15) is 0 Å². The highest BCUT2D eigenvalue weighted by Gasteiger charge is 2.34. The first-order valence-corrected chi connectivity index (χ1v) is 10.0. The van der Waals surface area contributed by atoms with Crippen molar-refractivity contribution in [2.75, 3.05) is 6.61 Å². The van der Waals surface area contributed by atoms with Crippen LogP contribution in [0.2, 0.25) is 0 Å². The SMILES string of the molecule is N[C@@H](CC(=O)O)[C@H](C(=O)OCC1c2ccccc2-c2ccccc21)c1ccccc1F. The molecule has 3 N–H and O–H groups in total. The molecule has 3 aromatic rings. The number of carbonyl (C=O) groups is 2. The molecule has 0 bridgehead atoms. The van der Waals surface area contributed by atoms with E-state index >= 15 is 0 Å². The highest BCUT2D eigenvalue weighted by molar-refractivity contribution is 5.82. The Morgan fingerprint density at radius 3 is 2.06 bits per heavy atom. The molecule has 5 nitrogen and oxygen atoms in total. The molecule has 0 unspecified atom stereocenters. The lowest BCUT2D eigenvalue weighted by molar-refractivity contribution is -0.147. The molecule has 31 heavy (non-hydrogen) atoms. The van der Waals surface area contributed by atoms with Gasteiger partial charge in [-0.15, -0.1) is 0 Å². The lowest BCUT2D eigenvalue weighted by Gasteiger charge is -2.23. The first kappa shape index (κ1) is 20.8. The maximum absolute atomic E-state index is 14.4. The van der Waals surface area contributed by atoms with Crippen molar-refractivity contribution in [1.82, 2.24) is 0 Å². The summed E-state index contributed by atoms with van der Waals surface area (Å²) in [5.41, 5.74) is 10.3. The van der Waals surface area contributed by atoms with Crippen LogP contribution in [0.5, 0.6) is 0 Å². The summed E-state index contributed by atoms with van der Waals surface area (Å²) in [6.45, 7) is 0.0532. The summed E-state index contributed by atoms with van der Waals surface area (Å²) in [6, 6.07) is 20.5. The van der Waals surface area contributed by atoms with Gasteiger partial charge in [-0.05, 0) is 28.3 Å². The van der Waals surface area contributed by atoms with Crippen molar-refractivity contribution in [3.05, 3.63) is 95.3 Å². The van der Waals surface area contributed by atoms with E-state index in [4.69, 9.17) is 15.6 Å². The van der Waals surface area contributed by atoms with E-state index in [1.54, 1.807) is 6.07 Å². The van der Waals surface area contributed by atoms with Gasteiger partial charge < -0.3 is 15.6 Å². The normalized spacial score (nSPS) is 14.4. The number of fused-ring (bicyclic) bond motifs is 3. The van der Waals surface area contributed by atoms with Crippen LogP contribution in [-0.2, 0) is 14.3 Å². The van der Waals surface area contributed by atoms with Crippen molar-refractivity contribution >= 4 is 11.9 Å². The first-order chi connectivity index (χ1) is 15.0. The van der Waals surface area contributed by atoms with Gasteiger partial charge in [0.25, 0.3) is 0 Å². The van der Waals surface area contributed by atoms with E-state index in [1.807, 2.05) is 48.5 Å². The van der Waals surface area contributed by atoms with Crippen molar-refractivity contribution in [2.24, 2.45) is 5.73 Å². The summed E-state index contributed by atoms with van der Waals surface area (Å²) in [7, 11) is 0. The number of hydrogen-bond donors (Lipinski definition) is 2. The number of ether oxygens (including phenoxy) is 1. The molecule has 4 rings (SSSR count). The van der Waals surface area contributed by atoms with Gasteiger partial charge in [-0.1, -0.05) is 66.7 Å². The van der Waals surface area contributed by atoms with Gasteiger partial charge >= 0.3 is 11.9 Å². The van der Waals surface area contributed by atoms with Crippen LogP contribution in [0.1, 0.15) is 34.9 Å². The van der Waals surface area contributed by atoms with Crippen LogP contribution in [0.4, 0.5) is 4.39 Å². The smallest absolute Gasteiger partial charge is 0.315 e. The molecule has 0 aliphatic heterocycles. The van der Waals surface area contributed by atoms with E-state index in [0.29, 0.717) is 0 Å². The number of nitrogens with two attached hydrogens (primary N) is 1. The number of hydrogen-bond acceptors (Lipinski definition) is 4. The second-order valence-electron chi connectivity index (χ2n) is 7.62. The van der Waals surface area contributed by atoms with Crippen LogP contribution in [0.15, 0.2) is 72.8 Å². The predicted molar refractivity (Wildman–Crippen MR) is 114 cm³/mol. The minimum Gasteiger partial charge on any atom is -0.481 e. The molecular weight excluding hydrogens is 397 g/mol. The molecule has 3 aromatic carbocycles. The zero-order valence-electron chi connectivity index (χ0n) is 16.7. The minimum atomic E-state index is -1.22. The molecule has 0 heterocycles. The maximum atomic E-state index is 14.4. The number of carbonyl (C=O) groups excluding carboxylic acids is 1. The number of aliphatic carboxylic acids is 1. The fraction of sp³-hybridized carbons (Fsp3) is 0.200. The number of benzene rings is 3. The van der Waals surface area contributed by atoms with Crippen LogP contribution >= 0.6 is 0 Å². The first-order valence-electron chi connectivity index (χ1n) is 10.0. The summed E-state index contributed by atoms with van der Waals surface area (Å²) < 4.78 is 20.1. The van der Waals surface area contributed by atoms with Gasteiger partial charge in [0.05, 0.1) is 6.42 Å². The van der Waals surface area contributed by atoms with Gasteiger partial charge in [-0.25, -0.2) is 4.39 Å². The number of rotatable bonds is 7. The van der Waals surface area contributed by atoms with E-state index in [-0.39, 0.29) is 18.1 Å². The maximum Gasteiger partial charge on any atom is 0.315 e. The Kier molecular flexibility index (Phi) is 5.82. The second kappa shape index (κ2) is 8.70. The highest BCUT2D eigenvalue weighted by atomic mass is 19.1. The minimum absolute atomic E-state index is 0.0356. The molecule has 0 saturated carbocycles. The number of carboxylic acid groups (broad SMARTS) is 1. The number of carboxylic acids is 1. The Labute approximate surface area is 179 Å². The Morgan fingerprint density at radius 2 is 1.48 bits per heavy atom. The quantitative estimate of drug-likeness (QED) is 0.564. The Hall–Kier alpha value is -3.51. The average molecular weight is 419 g/mol. The Balaban J connectivity index is 1.60. The zero-order valence-corrected chi connectivity index (χ0v) is 16.7. The van der Waals surface area contributed by atoms with Crippen LogP contribution in [0.25, 0.3) is 11.1 Å². The molecule has 0 aromatic heterocycles. The third-order valence-electron chi connectivity index (χ3n) is 5.69. The number of esters is 1. The summed E-state index contributed by atoms with van der Waals surface area (Å²) in [6.07, 6.45) is -0.483. The fourth-order valence-electron chi connectivity index (χ4n) is 4.27. The third kappa shape index (κ3) is 4.07. The van der Waals surface area contributed by atoms with Crippen molar-refractivity contribution in [1.29, 1.82) is 0 Å². The van der Waals surface area contributed by atoms with Crippen LogP contribution in [0, 0.1) is 5.82 Å². The van der Waals surface area contributed by atoms with E-state index < -0.39 is 36.1 Å². The van der Waals surface area contributed by atoms with Crippen LogP contribution in [-0.4, -0.2) is 29.7 Å². The van der Waals surface area contributed by atoms with Gasteiger partial charge in [0.15, 0.2) is 0 Å². The summed E-state index contributed by atoms with van der Waals surface area (Å²) in [4.78, 5) is 24.2. The average Bonchev–Trinajstić information content (AvgIpc) is 3.07. The van der Waals surface area contributed by atoms with E-state index in [2.05, 4.69) is 0 Å². The van der Waals surface area contributed by atoms with Gasteiger partial charge in [-0.3, -0.25) is 9.59 Å². The van der Waals surface area contributed by atoms with Gasteiger partial charge in [0.1, 0.15) is 18.3 Å². The van der Waals surface area contributed by atoms with Gasteiger partial charge in [0.2, 0.25) is 0 Å². The van der Waals surface area contributed by atoms with E-state index in [1.165, 1.54) is 18.2 Å². The fourth-order valence-corrected chi connectivity index (χ4v) is 4.27. The largest absolute Gasteiger partial charge is 0.481 e. The molecule has 0 spiro atoms. The number of halogens is 1. The third-order valence-corrected chi connectivity index (χ3v) is 5.69. The van der Waals surface area contributed by atoms with Gasteiger partial charge in [0, 0.05) is 17.5 Å². The van der Waals surface area contributed by atoms with Crippen molar-refractivity contribution in [2.45, 2.75) is 24.3 Å². The second-order valence-corrected chi connectivity index (χ2v) is 7.62. The Morgan fingerprint density at radius 1 is 0.935 bits per heavy atom. The van der Waals surface area contributed by atoms with Crippen LogP contribution in [0.3, 0.4) is 0 Å².